The highest BCUT2D eigenvalue weighted by atomic mass is 35.5. The summed E-state index contributed by atoms with van der Waals surface area (Å²) >= 11 is 6.05. The van der Waals surface area contributed by atoms with Crippen LogP contribution >= 0.6 is 11.6 Å². The summed E-state index contributed by atoms with van der Waals surface area (Å²) in [5, 5.41) is 0.906. The molecule has 0 aliphatic carbocycles. The topological polar surface area (TPSA) is 58.0 Å². The van der Waals surface area contributed by atoms with Gasteiger partial charge in [-0.15, -0.1) is 0 Å². The summed E-state index contributed by atoms with van der Waals surface area (Å²) in [4.78, 5) is 20.6. The SMILES string of the molecule is FC(F)(F)c1cnc(N2CCN(c3ncnc4cnccc34)CC2)c(Cl)c1. The maximum absolute atomic E-state index is 12.8. The van der Waals surface area contributed by atoms with Crippen LogP contribution in [0.1, 0.15) is 5.56 Å². The van der Waals surface area contributed by atoms with Crippen LogP contribution in [0.25, 0.3) is 10.9 Å². The standard InChI is InChI=1S/C17H14ClF3N6/c18-13-7-11(17(19,20)21)8-23-16(13)27-5-3-26(4-6-27)15-12-1-2-22-9-14(12)24-10-25-15/h1-2,7-10H,3-6H2. The Bertz CT molecular complexity index is 967. The van der Waals surface area contributed by atoms with E-state index in [1.165, 1.54) is 6.33 Å². The third-order valence-corrected chi connectivity index (χ3v) is 4.72. The summed E-state index contributed by atoms with van der Waals surface area (Å²) in [5.41, 5.74) is -0.0895. The van der Waals surface area contributed by atoms with Gasteiger partial charge in [-0.3, -0.25) is 4.98 Å². The first-order chi connectivity index (χ1) is 12.9. The molecule has 1 aliphatic heterocycles. The van der Waals surface area contributed by atoms with Crippen LogP contribution in [-0.4, -0.2) is 46.1 Å². The maximum atomic E-state index is 12.8. The predicted octanol–water partition coefficient (Wildman–Crippen LogP) is 3.42. The van der Waals surface area contributed by atoms with E-state index >= 15 is 0 Å². The van der Waals surface area contributed by atoms with Crippen LogP contribution in [0.5, 0.6) is 0 Å². The lowest BCUT2D eigenvalue weighted by Crippen LogP contribution is -2.47. The highest BCUT2D eigenvalue weighted by Crippen LogP contribution is 2.34. The summed E-state index contributed by atoms with van der Waals surface area (Å²) in [6.07, 6.45) is 1.23. The normalized spacial score (nSPS) is 15.4. The number of rotatable bonds is 2. The number of halogens is 4. The summed E-state index contributed by atoms with van der Waals surface area (Å²) in [5.74, 6) is 1.18. The van der Waals surface area contributed by atoms with Gasteiger partial charge in [0.15, 0.2) is 0 Å². The van der Waals surface area contributed by atoms with Gasteiger partial charge in [-0.2, -0.15) is 13.2 Å². The summed E-state index contributed by atoms with van der Waals surface area (Å²) < 4.78 is 38.3. The minimum atomic E-state index is -4.46. The van der Waals surface area contributed by atoms with Crippen LogP contribution in [0.4, 0.5) is 24.8 Å². The van der Waals surface area contributed by atoms with Gasteiger partial charge in [-0.25, -0.2) is 15.0 Å². The van der Waals surface area contributed by atoms with E-state index in [1.807, 2.05) is 11.0 Å². The molecule has 3 aromatic heterocycles. The van der Waals surface area contributed by atoms with E-state index in [4.69, 9.17) is 11.6 Å². The van der Waals surface area contributed by atoms with E-state index in [0.717, 1.165) is 29.0 Å². The Labute approximate surface area is 157 Å². The predicted molar refractivity (Wildman–Crippen MR) is 96.0 cm³/mol. The van der Waals surface area contributed by atoms with Gasteiger partial charge in [-0.05, 0) is 12.1 Å². The molecule has 0 N–H and O–H groups in total. The zero-order valence-electron chi connectivity index (χ0n) is 14.0. The van der Waals surface area contributed by atoms with Crippen LogP contribution in [0, 0.1) is 0 Å². The molecule has 10 heteroatoms. The molecule has 1 saturated heterocycles. The Hall–Kier alpha value is -2.68. The molecule has 0 amide bonds. The summed E-state index contributed by atoms with van der Waals surface area (Å²) in [6, 6.07) is 2.78. The quantitative estimate of drug-likeness (QED) is 0.664. The van der Waals surface area contributed by atoms with E-state index in [9.17, 15) is 13.2 Å². The molecule has 0 unspecified atom stereocenters. The lowest BCUT2D eigenvalue weighted by Gasteiger charge is -2.36. The summed E-state index contributed by atoms with van der Waals surface area (Å²) in [7, 11) is 0. The molecule has 0 bridgehead atoms. The molecule has 0 radical (unpaired) electrons. The number of fused-ring (bicyclic) bond motifs is 1. The molecule has 1 fully saturated rings. The van der Waals surface area contributed by atoms with E-state index in [2.05, 4.69) is 24.8 Å². The smallest absolute Gasteiger partial charge is 0.352 e. The Balaban J connectivity index is 1.52. The first-order valence-corrected chi connectivity index (χ1v) is 8.58. The van der Waals surface area contributed by atoms with Crippen molar-refractivity contribution in [2.45, 2.75) is 6.18 Å². The minimum Gasteiger partial charge on any atom is -0.352 e. The number of aromatic nitrogens is 4. The molecular weight excluding hydrogens is 381 g/mol. The van der Waals surface area contributed by atoms with Gasteiger partial charge in [-0.1, -0.05) is 11.6 Å². The average molecular weight is 395 g/mol. The van der Waals surface area contributed by atoms with Crippen molar-refractivity contribution in [1.29, 1.82) is 0 Å². The molecular formula is C17H14ClF3N6. The fraction of sp³-hybridized carbons (Fsp3) is 0.294. The van der Waals surface area contributed by atoms with E-state index in [0.29, 0.717) is 32.0 Å². The minimum absolute atomic E-state index is 0.00293. The molecule has 0 spiro atoms. The zero-order chi connectivity index (χ0) is 19.0. The van der Waals surface area contributed by atoms with E-state index in [1.54, 1.807) is 12.4 Å². The average Bonchev–Trinajstić information content (AvgIpc) is 2.67. The largest absolute Gasteiger partial charge is 0.417 e. The molecule has 0 aromatic carbocycles. The summed E-state index contributed by atoms with van der Waals surface area (Å²) in [6.45, 7) is 2.39. The van der Waals surface area contributed by atoms with E-state index in [-0.39, 0.29) is 5.02 Å². The monoisotopic (exact) mass is 394 g/mol. The van der Waals surface area contributed by atoms with Crippen molar-refractivity contribution in [1.82, 2.24) is 19.9 Å². The number of pyridine rings is 2. The second kappa shape index (κ2) is 6.80. The molecule has 3 aromatic rings. The Morgan fingerprint density at radius 1 is 0.926 bits per heavy atom. The molecule has 4 rings (SSSR count). The van der Waals surface area contributed by atoms with Gasteiger partial charge < -0.3 is 9.80 Å². The number of nitrogens with zero attached hydrogens (tertiary/aromatic N) is 6. The zero-order valence-corrected chi connectivity index (χ0v) is 14.7. The van der Waals surface area contributed by atoms with Gasteiger partial charge in [0, 0.05) is 44.0 Å². The van der Waals surface area contributed by atoms with Crippen LogP contribution in [0.3, 0.4) is 0 Å². The van der Waals surface area contributed by atoms with Crippen molar-refractivity contribution in [3.63, 3.8) is 0 Å². The highest BCUT2D eigenvalue weighted by Gasteiger charge is 2.32. The van der Waals surface area contributed by atoms with E-state index < -0.39 is 11.7 Å². The molecule has 6 nitrogen and oxygen atoms in total. The van der Waals surface area contributed by atoms with Gasteiger partial charge in [0.25, 0.3) is 0 Å². The molecule has 0 saturated carbocycles. The second-order valence-corrected chi connectivity index (χ2v) is 6.50. The number of anilines is 2. The second-order valence-electron chi connectivity index (χ2n) is 6.09. The van der Waals surface area contributed by atoms with Gasteiger partial charge in [0.05, 0.1) is 22.3 Å². The van der Waals surface area contributed by atoms with Crippen molar-refractivity contribution >= 4 is 34.1 Å². The van der Waals surface area contributed by atoms with Crippen LogP contribution in [0.15, 0.2) is 37.1 Å². The Morgan fingerprint density at radius 3 is 2.30 bits per heavy atom. The molecule has 0 atom stereocenters. The third-order valence-electron chi connectivity index (χ3n) is 4.45. The number of alkyl halides is 3. The number of hydrogen-bond donors (Lipinski definition) is 0. The van der Waals surface area contributed by atoms with Gasteiger partial charge in [0.1, 0.15) is 18.0 Å². The number of piperazine rings is 1. The molecule has 140 valence electrons. The molecule has 27 heavy (non-hydrogen) atoms. The van der Waals surface area contributed by atoms with Crippen molar-refractivity contribution in [2.24, 2.45) is 0 Å². The lowest BCUT2D eigenvalue weighted by molar-refractivity contribution is -0.137. The number of hydrogen-bond acceptors (Lipinski definition) is 6. The first-order valence-electron chi connectivity index (χ1n) is 8.21. The Kier molecular flexibility index (Phi) is 4.47. The van der Waals surface area contributed by atoms with Crippen LogP contribution in [-0.2, 0) is 6.18 Å². The van der Waals surface area contributed by atoms with Gasteiger partial charge in [0.2, 0.25) is 0 Å². The van der Waals surface area contributed by atoms with Gasteiger partial charge >= 0.3 is 6.18 Å². The molecule has 4 heterocycles. The fourth-order valence-corrected chi connectivity index (χ4v) is 3.38. The molecule has 1 aliphatic rings. The van der Waals surface area contributed by atoms with Crippen LogP contribution in [0.2, 0.25) is 5.02 Å². The highest BCUT2D eigenvalue weighted by molar-refractivity contribution is 6.33. The van der Waals surface area contributed by atoms with Crippen LogP contribution < -0.4 is 9.80 Å². The van der Waals surface area contributed by atoms with Crippen molar-refractivity contribution in [2.75, 3.05) is 36.0 Å². The third kappa shape index (κ3) is 3.46. The van der Waals surface area contributed by atoms with Crippen molar-refractivity contribution < 1.29 is 13.2 Å². The van der Waals surface area contributed by atoms with Crippen molar-refractivity contribution in [3.8, 4) is 0 Å². The first kappa shape index (κ1) is 17.7. The van der Waals surface area contributed by atoms with Crippen molar-refractivity contribution in [3.05, 3.63) is 47.6 Å². The maximum Gasteiger partial charge on any atom is 0.417 e. The fourth-order valence-electron chi connectivity index (χ4n) is 3.09. The lowest BCUT2D eigenvalue weighted by atomic mass is 10.2. The Morgan fingerprint density at radius 2 is 1.63 bits per heavy atom.